The van der Waals surface area contributed by atoms with E-state index in [1.165, 1.54) is 25.7 Å². The standard InChI is InChI=1S/C18H31N3O2/c1-18(2,3)17(23)21-10-8-20(9-11-21)16(22)15-12-13-6-4-5-7-14(13)19-15/h13-15,19H,4-12H2,1-3H3. The molecular formula is C18H31N3O2. The van der Waals surface area contributed by atoms with E-state index in [0.29, 0.717) is 38.1 Å². The second-order valence-corrected chi connectivity index (χ2v) is 8.47. The predicted molar refractivity (Wildman–Crippen MR) is 89.9 cm³/mol. The highest BCUT2D eigenvalue weighted by molar-refractivity contribution is 5.84. The minimum atomic E-state index is -0.338. The van der Waals surface area contributed by atoms with Gasteiger partial charge in [-0.3, -0.25) is 9.59 Å². The maximum atomic E-state index is 12.8. The zero-order valence-electron chi connectivity index (χ0n) is 14.8. The van der Waals surface area contributed by atoms with E-state index in [0.717, 1.165) is 6.42 Å². The summed E-state index contributed by atoms with van der Waals surface area (Å²) in [5, 5.41) is 3.58. The van der Waals surface area contributed by atoms with Crippen LogP contribution in [0.3, 0.4) is 0 Å². The van der Waals surface area contributed by atoms with Crippen molar-refractivity contribution < 1.29 is 9.59 Å². The van der Waals surface area contributed by atoms with Gasteiger partial charge in [0.15, 0.2) is 0 Å². The average Bonchev–Trinajstić information content (AvgIpc) is 2.96. The highest BCUT2D eigenvalue weighted by Crippen LogP contribution is 2.33. The summed E-state index contributed by atoms with van der Waals surface area (Å²) in [5.41, 5.74) is -0.338. The number of amides is 2. The van der Waals surface area contributed by atoms with Gasteiger partial charge in [0, 0.05) is 37.6 Å². The topological polar surface area (TPSA) is 52.7 Å². The summed E-state index contributed by atoms with van der Waals surface area (Å²) in [6.45, 7) is 8.55. The number of hydrogen-bond acceptors (Lipinski definition) is 3. The van der Waals surface area contributed by atoms with Gasteiger partial charge in [0.05, 0.1) is 6.04 Å². The molecule has 3 aliphatic rings. The third-order valence-corrected chi connectivity index (χ3v) is 5.68. The lowest BCUT2D eigenvalue weighted by molar-refractivity contribution is -0.145. The number of piperazine rings is 1. The molecule has 0 radical (unpaired) electrons. The maximum Gasteiger partial charge on any atom is 0.239 e. The number of hydrogen-bond donors (Lipinski definition) is 1. The fourth-order valence-corrected chi connectivity index (χ4v) is 4.34. The number of nitrogens with one attached hydrogen (secondary N) is 1. The quantitative estimate of drug-likeness (QED) is 0.798. The number of rotatable bonds is 1. The maximum absolute atomic E-state index is 12.8. The molecule has 1 aliphatic carbocycles. The summed E-state index contributed by atoms with van der Waals surface area (Å²) < 4.78 is 0. The molecule has 0 spiro atoms. The van der Waals surface area contributed by atoms with Crippen LogP contribution in [0.4, 0.5) is 0 Å². The summed E-state index contributed by atoms with van der Waals surface area (Å²) in [7, 11) is 0. The molecule has 5 heteroatoms. The summed E-state index contributed by atoms with van der Waals surface area (Å²) >= 11 is 0. The van der Waals surface area contributed by atoms with Crippen molar-refractivity contribution in [1.29, 1.82) is 0 Å². The summed E-state index contributed by atoms with van der Waals surface area (Å²) in [5.74, 6) is 1.14. The molecule has 3 fully saturated rings. The smallest absolute Gasteiger partial charge is 0.239 e. The van der Waals surface area contributed by atoms with Gasteiger partial charge in [0.1, 0.15) is 0 Å². The molecule has 0 aromatic heterocycles. The van der Waals surface area contributed by atoms with E-state index in [1.807, 2.05) is 30.6 Å². The van der Waals surface area contributed by atoms with Gasteiger partial charge in [0.2, 0.25) is 11.8 Å². The van der Waals surface area contributed by atoms with E-state index >= 15 is 0 Å². The monoisotopic (exact) mass is 321 g/mol. The Morgan fingerprint density at radius 2 is 1.57 bits per heavy atom. The van der Waals surface area contributed by atoms with E-state index in [-0.39, 0.29) is 23.3 Å². The molecule has 3 unspecified atom stereocenters. The van der Waals surface area contributed by atoms with Crippen LogP contribution in [0.5, 0.6) is 0 Å². The van der Waals surface area contributed by atoms with E-state index in [9.17, 15) is 9.59 Å². The van der Waals surface area contributed by atoms with Crippen LogP contribution in [0.2, 0.25) is 0 Å². The average molecular weight is 321 g/mol. The van der Waals surface area contributed by atoms with Gasteiger partial charge in [0.25, 0.3) is 0 Å². The zero-order chi connectivity index (χ0) is 16.6. The van der Waals surface area contributed by atoms with Crippen LogP contribution in [0, 0.1) is 11.3 Å². The van der Waals surface area contributed by atoms with Crippen LogP contribution in [0.25, 0.3) is 0 Å². The molecule has 23 heavy (non-hydrogen) atoms. The minimum Gasteiger partial charge on any atom is -0.339 e. The Balaban J connectivity index is 1.52. The largest absolute Gasteiger partial charge is 0.339 e. The third-order valence-electron chi connectivity index (χ3n) is 5.68. The molecule has 2 amide bonds. The van der Waals surface area contributed by atoms with E-state index in [2.05, 4.69) is 5.32 Å². The Morgan fingerprint density at radius 1 is 0.957 bits per heavy atom. The molecular weight excluding hydrogens is 290 g/mol. The highest BCUT2D eigenvalue weighted by Gasteiger charge is 2.40. The SMILES string of the molecule is CC(C)(C)C(=O)N1CCN(C(=O)C2CC3CCCCC3N2)CC1. The second-order valence-electron chi connectivity index (χ2n) is 8.47. The van der Waals surface area contributed by atoms with Crippen molar-refractivity contribution in [3.05, 3.63) is 0 Å². The molecule has 1 N–H and O–H groups in total. The van der Waals surface area contributed by atoms with Gasteiger partial charge < -0.3 is 15.1 Å². The van der Waals surface area contributed by atoms with Crippen molar-refractivity contribution in [2.45, 2.75) is 65.0 Å². The lowest BCUT2D eigenvalue weighted by Crippen LogP contribution is -2.56. The number of carbonyl (C=O) groups excluding carboxylic acids is 2. The van der Waals surface area contributed by atoms with Gasteiger partial charge in [-0.2, -0.15) is 0 Å². The molecule has 0 bridgehead atoms. The Kier molecular flexibility index (Phi) is 4.68. The Bertz CT molecular complexity index is 449. The van der Waals surface area contributed by atoms with Crippen molar-refractivity contribution in [1.82, 2.24) is 15.1 Å². The van der Waals surface area contributed by atoms with Crippen LogP contribution < -0.4 is 5.32 Å². The number of nitrogens with zero attached hydrogens (tertiary/aromatic N) is 2. The lowest BCUT2D eigenvalue weighted by atomic mass is 9.85. The molecule has 5 nitrogen and oxygen atoms in total. The normalized spacial score (nSPS) is 31.9. The minimum absolute atomic E-state index is 0.00738. The van der Waals surface area contributed by atoms with Crippen molar-refractivity contribution >= 4 is 11.8 Å². The van der Waals surface area contributed by atoms with E-state index in [4.69, 9.17) is 0 Å². The highest BCUT2D eigenvalue weighted by atomic mass is 16.2. The molecule has 2 heterocycles. The number of carbonyl (C=O) groups is 2. The number of fused-ring (bicyclic) bond motifs is 1. The molecule has 130 valence electrons. The van der Waals surface area contributed by atoms with Gasteiger partial charge in [-0.05, 0) is 25.2 Å². The van der Waals surface area contributed by atoms with Gasteiger partial charge in [-0.25, -0.2) is 0 Å². The van der Waals surface area contributed by atoms with E-state index < -0.39 is 0 Å². The van der Waals surface area contributed by atoms with Crippen LogP contribution in [0.1, 0.15) is 52.9 Å². The van der Waals surface area contributed by atoms with Crippen molar-refractivity contribution in [3.8, 4) is 0 Å². The molecule has 3 rings (SSSR count). The fourth-order valence-electron chi connectivity index (χ4n) is 4.34. The predicted octanol–water partition coefficient (Wildman–Crippen LogP) is 1.62. The van der Waals surface area contributed by atoms with Gasteiger partial charge >= 0.3 is 0 Å². The molecule has 0 aromatic rings. The van der Waals surface area contributed by atoms with Crippen LogP contribution in [-0.4, -0.2) is 59.9 Å². The van der Waals surface area contributed by atoms with E-state index in [1.54, 1.807) is 0 Å². The van der Waals surface area contributed by atoms with Crippen LogP contribution in [0.15, 0.2) is 0 Å². The van der Waals surface area contributed by atoms with Crippen molar-refractivity contribution in [3.63, 3.8) is 0 Å². The first-order valence-corrected chi connectivity index (χ1v) is 9.20. The van der Waals surface area contributed by atoms with Crippen molar-refractivity contribution in [2.75, 3.05) is 26.2 Å². The molecule has 3 atom stereocenters. The summed E-state index contributed by atoms with van der Waals surface area (Å²) in [6.07, 6.45) is 6.11. The molecule has 0 aromatic carbocycles. The second kappa shape index (κ2) is 6.42. The summed E-state index contributed by atoms with van der Waals surface area (Å²) in [4.78, 5) is 29.0. The lowest BCUT2D eigenvalue weighted by Gasteiger charge is -2.38. The molecule has 1 saturated carbocycles. The summed E-state index contributed by atoms with van der Waals surface area (Å²) in [6, 6.07) is 0.564. The van der Waals surface area contributed by atoms with Gasteiger partial charge in [-0.1, -0.05) is 33.6 Å². The molecule has 2 saturated heterocycles. The molecule has 2 aliphatic heterocycles. The third kappa shape index (κ3) is 3.54. The van der Waals surface area contributed by atoms with Crippen LogP contribution >= 0.6 is 0 Å². The first kappa shape index (κ1) is 16.7. The van der Waals surface area contributed by atoms with Gasteiger partial charge in [-0.15, -0.1) is 0 Å². The Morgan fingerprint density at radius 3 is 2.17 bits per heavy atom. The zero-order valence-corrected chi connectivity index (χ0v) is 14.8. The fraction of sp³-hybridized carbons (Fsp3) is 0.889. The Labute approximate surface area is 139 Å². The first-order valence-electron chi connectivity index (χ1n) is 9.20. The Hall–Kier alpha value is -1.10. The van der Waals surface area contributed by atoms with Crippen LogP contribution in [-0.2, 0) is 9.59 Å². The van der Waals surface area contributed by atoms with Crippen molar-refractivity contribution in [2.24, 2.45) is 11.3 Å². The first-order chi connectivity index (χ1) is 10.9.